The van der Waals surface area contributed by atoms with Crippen molar-refractivity contribution < 1.29 is 32.6 Å². The zero-order valence-corrected chi connectivity index (χ0v) is 14.0. The van der Waals surface area contributed by atoms with E-state index in [1.54, 1.807) is 0 Å². The monoisotopic (exact) mass is 345 g/mol. The first-order chi connectivity index (χ1) is 11.2. The van der Waals surface area contributed by atoms with Gasteiger partial charge in [0.05, 0.1) is 12.7 Å². The minimum absolute atomic E-state index is 0.0401. The van der Waals surface area contributed by atoms with E-state index in [-0.39, 0.29) is 23.0 Å². The molecule has 1 aromatic carbocycles. The number of nitrogens with one attached hydrogen (secondary N) is 1. The standard InChI is InChI=1S/C16H21F2NO5/c1-9(2)8-19-14(20)10(3)23-15(21)11-5-6-12(24-16(17)18)13(7-11)22-4/h5-7,9-10,16H,8H2,1-4H3,(H,19,20)/t10-/m0/s1. The van der Waals surface area contributed by atoms with Crippen LogP contribution in [0.3, 0.4) is 0 Å². The Balaban J connectivity index is 2.75. The molecular formula is C16H21F2NO5. The SMILES string of the molecule is COc1cc(C(=O)O[C@@H](C)C(=O)NCC(C)C)ccc1OC(F)F. The average molecular weight is 345 g/mol. The Morgan fingerprint density at radius 2 is 1.83 bits per heavy atom. The Kier molecular flexibility index (Phi) is 7.41. The normalized spacial score (nSPS) is 12.0. The predicted molar refractivity (Wildman–Crippen MR) is 82.4 cm³/mol. The molecule has 134 valence electrons. The molecule has 0 unspecified atom stereocenters. The lowest BCUT2D eigenvalue weighted by atomic mass is 10.2. The van der Waals surface area contributed by atoms with Crippen molar-refractivity contribution in [3.8, 4) is 11.5 Å². The van der Waals surface area contributed by atoms with Crippen LogP contribution in [-0.4, -0.2) is 38.2 Å². The minimum atomic E-state index is -3.01. The van der Waals surface area contributed by atoms with Gasteiger partial charge in [0.25, 0.3) is 5.91 Å². The van der Waals surface area contributed by atoms with Gasteiger partial charge < -0.3 is 19.5 Å². The number of carbonyl (C=O) groups is 2. The molecule has 0 spiro atoms. The third kappa shape index (κ3) is 6.02. The van der Waals surface area contributed by atoms with Crippen molar-refractivity contribution in [1.29, 1.82) is 0 Å². The van der Waals surface area contributed by atoms with Crippen molar-refractivity contribution in [2.45, 2.75) is 33.5 Å². The van der Waals surface area contributed by atoms with Gasteiger partial charge >= 0.3 is 12.6 Å². The molecule has 1 amide bonds. The van der Waals surface area contributed by atoms with E-state index in [9.17, 15) is 18.4 Å². The zero-order chi connectivity index (χ0) is 18.3. The molecule has 1 atom stereocenters. The molecule has 1 rings (SSSR count). The third-order valence-electron chi connectivity index (χ3n) is 2.95. The summed E-state index contributed by atoms with van der Waals surface area (Å²) in [5.41, 5.74) is 0.0528. The van der Waals surface area contributed by atoms with E-state index in [4.69, 9.17) is 9.47 Å². The number of esters is 1. The quantitative estimate of drug-likeness (QED) is 0.733. The molecule has 1 aromatic rings. The number of halogens is 2. The summed E-state index contributed by atoms with van der Waals surface area (Å²) in [6.07, 6.45) is -0.987. The lowest BCUT2D eigenvalue weighted by molar-refractivity contribution is -0.129. The van der Waals surface area contributed by atoms with Crippen molar-refractivity contribution in [2.24, 2.45) is 5.92 Å². The molecule has 0 aliphatic heterocycles. The Bertz CT molecular complexity index is 578. The van der Waals surface area contributed by atoms with Crippen LogP contribution < -0.4 is 14.8 Å². The second-order valence-electron chi connectivity index (χ2n) is 5.43. The van der Waals surface area contributed by atoms with Crippen LogP contribution in [0.1, 0.15) is 31.1 Å². The fourth-order valence-electron chi connectivity index (χ4n) is 1.72. The first-order valence-corrected chi connectivity index (χ1v) is 7.36. The van der Waals surface area contributed by atoms with Crippen LogP contribution in [-0.2, 0) is 9.53 Å². The molecule has 0 aliphatic carbocycles. The summed E-state index contributed by atoms with van der Waals surface area (Å²) in [5.74, 6) is -1.16. The summed E-state index contributed by atoms with van der Waals surface area (Å²) in [6, 6.07) is 3.63. The van der Waals surface area contributed by atoms with Gasteiger partial charge in [-0.2, -0.15) is 8.78 Å². The largest absolute Gasteiger partial charge is 0.493 e. The Hall–Kier alpha value is -2.38. The minimum Gasteiger partial charge on any atom is -0.493 e. The van der Waals surface area contributed by atoms with Crippen molar-refractivity contribution >= 4 is 11.9 Å². The number of hydrogen-bond donors (Lipinski definition) is 1. The molecule has 0 fully saturated rings. The van der Waals surface area contributed by atoms with E-state index in [0.717, 1.165) is 0 Å². The summed E-state index contributed by atoms with van der Waals surface area (Å²) < 4.78 is 38.8. The van der Waals surface area contributed by atoms with Gasteiger partial charge in [0, 0.05) is 6.54 Å². The topological polar surface area (TPSA) is 73.9 Å². The van der Waals surface area contributed by atoms with Gasteiger partial charge in [0.1, 0.15) is 0 Å². The van der Waals surface area contributed by atoms with E-state index in [1.807, 2.05) is 13.8 Å². The van der Waals surface area contributed by atoms with Gasteiger partial charge in [-0.05, 0) is 31.0 Å². The lowest BCUT2D eigenvalue weighted by Crippen LogP contribution is -2.37. The first-order valence-electron chi connectivity index (χ1n) is 7.36. The number of amides is 1. The van der Waals surface area contributed by atoms with Crippen LogP contribution >= 0.6 is 0 Å². The van der Waals surface area contributed by atoms with Crippen LogP contribution in [0.4, 0.5) is 8.78 Å². The summed E-state index contributed by atoms with van der Waals surface area (Å²) in [4.78, 5) is 23.8. The summed E-state index contributed by atoms with van der Waals surface area (Å²) in [7, 11) is 1.25. The Labute approximate surface area is 139 Å². The number of methoxy groups -OCH3 is 1. The number of carbonyl (C=O) groups excluding carboxylic acids is 2. The van der Waals surface area contributed by atoms with E-state index in [0.29, 0.717) is 6.54 Å². The van der Waals surface area contributed by atoms with Gasteiger partial charge in [0.15, 0.2) is 17.6 Å². The molecule has 0 heterocycles. The average Bonchev–Trinajstić information content (AvgIpc) is 2.52. The smallest absolute Gasteiger partial charge is 0.387 e. The highest BCUT2D eigenvalue weighted by Crippen LogP contribution is 2.29. The van der Waals surface area contributed by atoms with Gasteiger partial charge in [-0.3, -0.25) is 4.79 Å². The van der Waals surface area contributed by atoms with Gasteiger partial charge in [-0.25, -0.2) is 4.79 Å². The van der Waals surface area contributed by atoms with Gasteiger partial charge in [-0.15, -0.1) is 0 Å². The molecule has 0 aromatic heterocycles. The molecule has 1 N–H and O–H groups in total. The van der Waals surface area contributed by atoms with Crippen LogP contribution in [0, 0.1) is 5.92 Å². The number of benzene rings is 1. The van der Waals surface area contributed by atoms with Crippen LogP contribution in [0.25, 0.3) is 0 Å². The van der Waals surface area contributed by atoms with Crippen molar-refractivity contribution in [3.05, 3.63) is 23.8 Å². The fraction of sp³-hybridized carbons (Fsp3) is 0.500. The summed E-state index contributed by atoms with van der Waals surface area (Å²) >= 11 is 0. The highest BCUT2D eigenvalue weighted by Gasteiger charge is 2.20. The van der Waals surface area contributed by atoms with Crippen LogP contribution in [0.2, 0.25) is 0 Å². The molecule has 0 saturated heterocycles. The first kappa shape index (κ1) is 19.7. The number of ether oxygens (including phenoxy) is 3. The number of hydrogen-bond acceptors (Lipinski definition) is 5. The molecule has 0 bridgehead atoms. The zero-order valence-electron chi connectivity index (χ0n) is 14.0. The van der Waals surface area contributed by atoms with Crippen LogP contribution in [0.5, 0.6) is 11.5 Å². The molecule has 24 heavy (non-hydrogen) atoms. The molecule has 6 nitrogen and oxygen atoms in total. The maximum absolute atomic E-state index is 12.3. The molecule has 0 aliphatic rings. The summed E-state index contributed by atoms with van der Waals surface area (Å²) in [5, 5.41) is 2.65. The van der Waals surface area contributed by atoms with Crippen molar-refractivity contribution in [1.82, 2.24) is 5.32 Å². The highest BCUT2D eigenvalue weighted by molar-refractivity contribution is 5.92. The van der Waals surface area contributed by atoms with Crippen molar-refractivity contribution in [2.75, 3.05) is 13.7 Å². The molecule has 0 saturated carbocycles. The molecule has 0 radical (unpaired) electrons. The van der Waals surface area contributed by atoms with E-state index < -0.39 is 24.6 Å². The van der Waals surface area contributed by atoms with E-state index in [1.165, 1.54) is 32.2 Å². The maximum atomic E-state index is 12.3. The number of rotatable bonds is 8. The Morgan fingerprint density at radius 1 is 1.17 bits per heavy atom. The molecule has 8 heteroatoms. The second kappa shape index (κ2) is 9.05. The predicted octanol–water partition coefficient (Wildman–Crippen LogP) is 2.61. The van der Waals surface area contributed by atoms with Crippen LogP contribution in [0.15, 0.2) is 18.2 Å². The van der Waals surface area contributed by atoms with E-state index in [2.05, 4.69) is 10.1 Å². The van der Waals surface area contributed by atoms with Crippen molar-refractivity contribution in [3.63, 3.8) is 0 Å². The highest BCUT2D eigenvalue weighted by atomic mass is 19.3. The third-order valence-corrected chi connectivity index (χ3v) is 2.95. The summed E-state index contributed by atoms with van der Waals surface area (Å²) in [6.45, 7) is 2.77. The second-order valence-corrected chi connectivity index (χ2v) is 5.43. The maximum Gasteiger partial charge on any atom is 0.387 e. The Morgan fingerprint density at radius 3 is 2.38 bits per heavy atom. The van der Waals surface area contributed by atoms with Gasteiger partial charge in [0.2, 0.25) is 0 Å². The lowest BCUT2D eigenvalue weighted by Gasteiger charge is -2.15. The van der Waals surface area contributed by atoms with Gasteiger partial charge in [-0.1, -0.05) is 13.8 Å². The molecular weight excluding hydrogens is 324 g/mol. The fourth-order valence-corrected chi connectivity index (χ4v) is 1.72. The van der Waals surface area contributed by atoms with E-state index >= 15 is 0 Å². The number of alkyl halides is 2.